The number of carbonyl (C=O) groups is 1. The Kier molecular flexibility index (Phi) is 5.21. The summed E-state index contributed by atoms with van der Waals surface area (Å²) in [6.07, 6.45) is 0. The van der Waals surface area contributed by atoms with Crippen molar-refractivity contribution in [3.63, 3.8) is 0 Å². The number of nitrogens with zero attached hydrogens (tertiary/aromatic N) is 2. The number of aromatic nitrogens is 2. The van der Waals surface area contributed by atoms with Gasteiger partial charge in [-0.25, -0.2) is 9.97 Å². The molecule has 0 spiro atoms. The van der Waals surface area contributed by atoms with Crippen molar-refractivity contribution in [3.8, 4) is 5.75 Å². The molecular formula is C15H18N4O2S. The van der Waals surface area contributed by atoms with Gasteiger partial charge in [0.15, 0.2) is 5.16 Å². The summed E-state index contributed by atoms with van der Waals surface area (Å²) >= 11 is 1.29. The van der Waals surface area contributed by atoms with Crippen molar-refractivity contribution < 1.29 is 9.53 Å². The fourth-order valence-electron chi connectivity index (χ4n) is 1.85. The van der Waals surface area contributed by atoms with Crippen LogP contribution in [0.1, 0.15) is 11.4 Å². The van der Waals surface area contributed by atoms with Gasteiger partial charge in [-0.1, -0.05) is 11.8 Å². The van der Waals surface area contributed by atoms with Gasteiger partial charge in [0.2, 0.25) is 5.91 Å². The summed E-state index contributed by atoms with van der Waals surface area (Å²) in [5.74, 6) is 0.669. The maximum atomic E-state index is 12.0. The Balaban J connectivity index is 1.98. The number of methoxy groups -OCH3 is 1. The molecule has 116 valence electrons. The Hall–Kier alpha value is -2.28. The van der Waals surface area contributed by atoms with Crippen molar-refractivity contribution in [1.29, 1.82) is 0 Å². The zero-order valence-corrected chi connectivity index (χ0v) is 13.5. The summed E-state index contributed by atoms with van der Waals surface area (Å²) in [6, 6.07) is 7.00. The van der Waals surface area contributed by atoms with E-state index in [1.807, 2.05) is 19.9 Å². The lowest BCUT2D eigenvalue weighted by molar-refractivity contribution is -0.113. The third-order valence-corrected chi connectivity index (χ3v) is 3.68. The Morgan fingerprint density at radius 2 is 1.95 bits per heavy atom. The molecule has 0 saturated carbocycles. The van der Waals surface area contributed by atoms with E-state index in [2.05, 4.69) is 15.3 Å². The van der Waals surface area contributed by atoms with Gasteiger partial charge in [-0.2, -0.15) is 0 Å². The van der Waals surface area contributed by atoms with Crippen LogP contribution >= 0.6 is 11.8 Å². The standard InChI is InChI=1S/C15H18N4O2S/c1-9-6-10(2)18-15(17-9)22-8-14(20)19-13-7-11(21-3)4-5-12(13)16/h4-7H,8,16H2,1-3H3,(H,19,20). The number of rotatable bonds is 5. The molecule has 1 aromatic carbocycles. The molecule has 2 aromatic rings. The molecule has 0 unspecified atom stereocenters. The zero-order chi connectivity index (χ0) is 16.1. The van der Waals surface area contributed by atoms with E-state index in [0.717, 1.165) is 11.4 Å². The average molecular weight is 318 g/mol. The van der Waals surface area contributed by atoms with E-state index in [9.17, 15) is 4.79 Å². The van der Waals surface area contributed by atoms with Crippen LogP contribution in [0.2, 0.25) is 0 Å². The lowest BCUT2D eigenvalue weighted by Crippen LogP contribution is -2.15. The minimum atomic E-state index is -0.173. The third-order valence-electron chi connectivity index (χ3n) is 2.83. The smallest absolute Gasteiger partial charge is 0.234 e. The first-order valence-electron chi connectivity index (χ1n) is 6.66. The first-order chi connectivity index (χ1) is 10.5. The lowest BCUT2D eigenvalue weighted by Gasteiger charge is -2.09. The number of hydrogen-bond acceptors (Lipinski definition) is 6. The fourth-order valence-corrected chi connectivity index (χ4v) is 2.59. The van der Waals surface area contributed by atoms with Crippen molar-refractivity contribution >= 4 is 29.0 Å². The molecule has 0 saturated heterocycles. The number of anilines is 2. The number of benzene rings is 1. The highest BCUT2D eigenvalue weighted by Gasteiger charge is 2.09. The number of ether oxygens (including phenoxy) is 1. The molecule has 1 aromatic heterocycles. The largest absolute Gasteiger partial charge is 0.497 e. The second kappa shape index (κ2) is 7.13. The van der Waals surface area contributed by atoms with E-state index in [4.69, 9.17) is 10.5 Å². The number of amides is 1. The summed E-state index contributed by atoms with van der Waals surface area (Å²) in [5.41, 5.74) is 8.62. The number of nitrogens with one attached hydrogen (secondary N) is 1. The molecule has 7 heteroatoms. The maximum Gasteiger partial charge on any atom is 0.234 e. The van der Waals surface area contributed by atoms with Crippen molar-refractivity contribution in [2.75, 3.05) is 23.9 Å². The van der Waals surface area contributed by atoms with Gasteiger partial charge in [-0.05, 0) is 32.0 Å². The van der Waals surface area contributed by atoms with Crippen LogP contribution in [0, 0.1) is 13.8 Å². The van der Waals surface area contributed by atoms with Crippen molar-refractivity contribution in [2.45, 2.75) is 19.0 Å². The van der Waals surface area contributed by atoms with E-state index < -0.39 is 0 Å². The molecule has 0 bridgehead atoms. The Bertz CT molecular complexity index is 671. The zero-order valence-electron chi connectivity index (χ0n) is 12.7. The first kappa shape index (κ1) is 16.1. The summed E-state index contributed by atoms with van der Waals surface area (Å²) < 4.78 is 5.11. The number of hydrogen-bond donors (Lipinski definition) is 2. The molecule has 0 aliphatic heterocycles. The van der Waals surface area contributed by atoms with Gasteiger partial charge in [0.05, 0.1) is 24.2 Å². The number of nitrogen functional groups attached to an aromatic ring is 1. The van der Waals surface area contributed by atoms with Crippen molar-refractivity contribution in [3.05, 3.63) is 35.7 Å². The van der Waals surface area contributed by atoms with Crippen LogP contribution < -0.4 is 15.8 Å². The molecule has 1 amide bonds. The van der Waals surface area contributed by atoms with Gasteiger partial charge in [0.25, 0.3) is 0 Å². The topological polar surface area (TPSA) is 90.1 Å². The van der Waals surface area contributed by atoms with Gasteiger partial charge >= 0.3 is 0 Å². The van der Waals surface area contributed by atoms with E-state index in [-0.39, 0.29) is 11.7 Å². The van der Waals surface area contributed by atoms with Crippen molar-refractivity contribution in [1.82, 2.24) is 9.97 Å². The summed E-state index contributed by atoms with van der Waals surface area (Å²) in [4.78, 5) is 20.6. The number of thioether (sulfide) groups is 1. The van der Waals surface area contributed by atoms with Gasteiger partial charge in [0.1, 0.15) is 5.75 Å². The Labute approximate surface area is 133 Å². The fraction of sp³-hybridized carbons (Fsp3) is 0.267. The molecule has 0 aliphatic carbocycles. The molecule has 6 nitrogen and oxygen atoms in total. The van der Waals surface area contributed by atoms with Crippen molar-refractivity contribution in [2.24, 2.45) is 0 Å². The molecule has 0 fully saturated rings. The third kappa shape index (κ3) is 4.36. The molecule has 2 rings (SSSR count). The summed E-state index contributed by atoms with van der Waals surface area (Å²) in [5, 5.41) is 3.35. The van der Waals surface area contributed by atoms with Crippen LogP contribution in [0.4, 0.5) is 11.4 Å². The van der Waals surface area contributed by atoms with Gasteiger partial charge in [-0.3, -0.25) is 4.79 Å². The second-order valence-electron chi connectivity index (χ2n) is 4.72. The predicted molar refractivity (Wildman–Crippen MR) is 88.3 cm³/mol. The van der Waals surface area contributed by atoms with Crippen LogP contribution in [0.25, 0.3) is 0 Å². The van der Waals surface area contributed by atoms with E-state index >= 15 is 0 Å². The molecule has 0 aliphatic rings. The van der Waals surface area contributed by atoms with E-state index in [0.29, 0.717) is 22.3 Å². The highest BCUT2D eigenvalue weighted by Crippen LogP contribution is 2.24. The number of aryl methyl sites for hydroxylation is 2. The van der Waals surface area contributed by atoms with Gasteiger partial charge < -0.3 is 15.8 Å². The molecular weight excluding hydrogens is 300 g/mol. The van der Waals surface area contributed by atoms with Gasteiger partial charge in [0, 0.05) is 17.5 Å². The van der Waals surface area contributed by atoms with Crippen LogP contribution in [-0.4, -0.2) is 28.7 Å². The average Bonchev–Trinajstić information content (AvgIpc) is 2.46. The van der Waals surface area contributed by atoms with Crippen LogP contribution in [-0.2, 0) is 4.79 Å². The maximum absolute atomic E-state index is 12.0. The summed E-state index contributed by atoms with van der Waals surface area (Å²) in [6.45, 7) is 3.80. The quantitative estimate of drug-likeness (QED) is 0.500. The monoisotopic (exact) mass is 318 g/mol. The molecule has 22 heavy (non-hydrogen) atoms. The molecule has 0 radical (unpaired) electrons. The van der Waals surface area contributed by atoms with Crippen LogP contribution in [0.5, 0.6) is 5.75 Å². The minimum Gasteiger partial charge on any atom is -0.497 e. The second-order valence-corrected chi connectivity index (χ2v) is 5.67. The number of nitrogens with two attached hydrogens (primary N) is 1. The highest BCUT2D eigenvalue weighted by atomic mass is 32.2. The highest BCUT2D eigenvalue weighted by molar-refractivity contribution is 7.99. The predicted octanol–water partition coefficient (Wildman–Crippen LogP) is 2.42. The minimum absolute atomic E-state index is 0.173. The summed E-state index contributed by atoms with van der Waals surface area (Å²) in [7, 11) is 1.56. The molecule has 0 atom stereocenters. The van der Waals surface area contributed by atoms with E-state index in [1.54, 1.807) is 25.3 Å². The van der Waals surface area contributed by atoms with Crippen LogP contribution in [0.3, 0.4) is 0 Å². The molecule has 1 heterocycles. The Morgan fingerprint density at radius 3 is 2.59 bits per heavy atom. The van der Waals surface area contributed by atoms with E-state index in [1.165, 1.54) is 11.8 Å². The Morgan fingerprint density at radius 1 is 1.27 bits per heavy atom. The lowest BCUT2D eigenvalue weighted by atomic mass is 10.2. The number of carbonyl (C=O) groups excluding carboxylic acids is 1. The van der Waals surface area contributed by atoms with Crippen LogP contribution in [0.15, 0.2) is 29.4 Å². The molecule has 3 N–H and O–H groups in total. The normalized spacial score (nSPS) is 10.3. The van der Waals surface area contributed by atoms with Gasteiger partial charge in [-0.15, -0.1) is 0 Å². The first-order valence-corrected chi connectivity index (χ1v) is 7.65. The SMILES string of the molecule is COc1ccc(N)c(NC(=O)CSc2nc(C)cc(C)n2)c1.